The molecule has 7 heteroatoms. The second kappa shape index (κ2) is 4.44. The number of benzene rings is 1. The van der Waals surface area contributed by atoms with Crippen molar-refractivity contribution < 1.29 is 17.6 Å². The molecule has 0 fully saturated rings. The second-order valence-corrected chi connectivity index (χ2v) is 3.18. The molecular formula is C10H5F4N3. The van der Waals surface area contributed by atoms with Crippen LogP contribution in [0.2, 0.25) is 0 Å². The topological polar surface area (TPSA) is 38.7 Å². The van der Waals surface area contributed by atoms with Crippen LogP contribution in [0.4, 0.5) is 17.6 Å². The Labute approximate surface area is 93.2 Å². The van der Waals surface area contributed by atoms with E-state index in [4.69, 9.17) is 0 Å². The molecule has 0 saturated heterocycles. The van der Waals surface area contributed by atoms with Gasteiger partial charge in [-0.1, -0.05) is 0 Å². The molecular weight excluding hydrogens is 238 g/mol. The van der Waals surface area contributed by atoms with E-state index in [-0.39, 0.29) is 11.9 Å². The van der Waals surface area contributed by atoms with Gasteiger partial charge in [-0.2, -0.15) is 0 Å². The van der Waals surface area contributed by atoms with E-state index in [1.165, 1.54) is 0 Å². The van der Waals surface area contributed by atoms with Gasteiger partial charge in [-0.25, -0.2) is 32.5 Å². The molecule has 0 atom stereocenters. The van der Waals surface area contributed by atoms with Crippen LogP contribution in [0.1, 0.15) is 11.4 Å². The van der Waals surface area contributed by atoms with Crippen LogP contribution in [-0.4, -0.2) is 15.0 Å². The van der Waals surface area contributed by atoms with Crippen LogP contribution in [-0.2, 0) is 6.42 Å². The molecule has 0 spiro atoms. The predicted octanol–water partition coefficient (Wildman–Crippen LogP) is 2.02. The Morgan fingerprint density at radius 2 is 1.41 bits per heavy atom. The Bertz CT molecular complexity index is 519. The van der Waals surface area contributed by atoms with E-state index < -0.39 is 35.3 Å². The lowest BCUT2D eigenvalue weighted by Crippen LogP contribution is -2.06. The summed E-state index contributed by atoms with van der Waals surface area (Å²) in [6.07, 6.45) is 1.79. The molecule has 88 valence electrons. The van der Waals surface area contributed by atoms with Crippen LogP contribution in [0.5, 0.6) is 0 Å². The van der Waals surface area contributed by atoms with Gasteiger partial charge in [-0.05, 0) is 0 Å². The zero-order valence-corrected chi connectivity index (χ0v) is 8.29. The summed E-state index contributed by atoms with van der Waals surface area (Å²) in [4.78, 5) is 10.7. The molecule has 0 N–H and O–H groups in total. The molecule has 1 aromatic heterocycles. The van der Waals surface area contributed by atoms with Gasteiger partial charge in [0.2, 0.25) is 0 Å². The highest BCUT2D eigenvalue weighted by molar-refractivity contribution is 5.25. The van der Waals surface area contributed by atoms with Crippen molar-refractivity contribution in [2.45, 2.75) is 6.42 Å². The number of hydrogen-bond acceptors (Lipinski definition) is 3. The fraction of sp³-hybridized carbons (Fsp3) is 0.100. The lowest BCUT2D eigenvalue weighted by Gasteiger charge is -2.05. The Morgan fingerprint density at radius 1 is 0.882 bits per heavy atom. The monoisotopic (exact) mass is 243 g/mol. The van der Waals surface area contributed by atoms with Crippen molar-refractivity contribution in [1.29, 1.82) is 0 Å². The summed E-state index contributed by atoms with van der Waals surface area (Å²) in [5.74, 6) is -5.77. The standard InChI is InChI=1S/C10H5F4N3/c11-6-2-7(12)10(14)5(9(6)13)1-8-16-3-15-4-17-8/h2-4H,1H2. The number of rotatable bonds is 2. The first-order valence-corrected chi connectivity index (χ1v) is 4.52. The molecule has 0 bridgehead atoms. The van der Waals surface area contributed by atoms with Crippen molar-refractivity contribution in [3.05, 3.63) is 53.4 Å². The Balaban J connectivity index is 2.46. The first kappa shape index (κ1) is 11.4. The number of hydrogen-bond donors (Lipinski definition) is 0. The summed E-state index contributed by atoms with van der Waals surface area (Å²) >= 11 is 0. The van der Waals surface area contributed by atoms with Crippen LogP contribution < -0.4 is 0 Å². The first-order chi connectivity index (χ1) is 8.09. The molecule has 17 heavy (non-hydrogen) atoms. The van der Waals surface area contributed by atoms with Crippen molar-refractivity contribution >= 4 is 0 Å². The van der Waals surface area contributed by atoms with Crippen molar-refractivity contribution in [2.24, 2.45) is 0 Å². The molecule has 0 radical (unpaired) electrons. The highest BCUT2D eigenvalue weighted by atomic mass is 19.2. The molecule has 0 aliphatic heterocycles. The number of halogens is 4. The highest BCUT2D eigenvalue weighted by Gasteiger charge is 2.19. The van der Waals surface area contributed by atoms with E-state index in [0.717, 1.165) is 12.7 Å². The molecule has 0 saturated carbocycles. The van der Waals surface area contributed by atoms with Crippen LogP contribution in [0.3, 0.4) is 0 Å². The maximum atomic E-state index is 13.3. The molecule has 0 unspecified atom stereocenters. The maximum absolute atomic E-state index is 13.3. The summed E-state index contributed by atoms with van der Waals surface area (Å²) in [6, 6.07) is 0.154. The molecule has 1 aromatic carbocycles. The summed E-state index contributed by atoms with van der Waals surface area (Å²) < 4.78 is 52.3. The minimum absolute atomic E-state index is 0.0165. The lowest BCUT2D eigenvalue weighted by molar-refractivity contribution is 0.440. The Morgan fingerprint density at radius 3 is 1.94 bits per heavy atom. The fourth-order valence-corrected chi connectivity index (χ4v) is 1.29. The van der Waals surface area contributed by atoms with E-state index in [1.807, 2.05) is 0 Å². The average molecular weight is 243 g/mol. The van der Waals surface area contributed by atoms with E-state index >= 15 is 0 Å². The molecule has 3 nitrogen and oxygen atoms in total. The zero-order valence-electron chi connectivity index (χ0n) is 8.29. The lowest BCUT2D eigenvalue weighted by atomic mass is 10.1. The Kier molecular flexibility index (Phi) is 2.99. The van der Waals surface area contributed by atoms with Gasteiger partial charge in [0.1, 0.15) is 18.5 Å². The minimum Gasteiger partial charge on any atom is -0.225 e. The highest BCUT2D eigenvalue weighted by Crippen LogP contribution is 2.20. The summed E-state index contributed by atoms with van der Waals surface area (Å²) in [7, 11) is 0. The van der Waals surface area contributed by atoms with Crippen LogP contribution in [0.25, 0.3) is 0 Å². The van der Waals surface area contributed by atoms with E-state index in [2.05, 4.69) is 15.0 Å². The van der Waals surface area contributed by atoms with Crippen molar-refractivity contribution in [3.63, 3.8) is 0 Å². The zero-order chi connectivity index (χ0) is 12.4. The van der Waals surface area contributed by atoms with Crippen LogP contribution in [0.15, 0.2) is 18.7 Å². The molecule has 0 aliphatic rings. The molecule has 1 heterocycles. The van der Waals surface area contributed by atoms with Crippen molar-refractivity contribution in [3.8, 4) is 0 Å². The molecule has 2 aromatic rings. The van der Waals surface area contributed by atoms with Gasteiger partial charge in [0, 0.05) is 18.1 Å². The van der Waals surface area contributed by atoms with Crippen LogP contribution >= 0.6 is 0 Å². The van der Waals surface area contributed by atoms with Crippen molar-refractivity contribution in [2.75, 3.05) is 0 Å². The summed E-state index contributed by atoms with van der Waals surface area (Å²) in [5.41, 5.74) is -0.742. The maximum Gasteiger partial charge on any atom is 0.165 e. The normalized spacial score (nSPS) is 10.6. The predicted molar refractivity (Wildman–Crippen MR) is 48.9 cm³/mol. The van der Waals surface area contributed by atoms with Gasteiger partial charge in [0.05, 0.1) is 0 Å². The minimum atomic E-state index is -1.45. The smallest absolute Gasteiger partial charge is 0.165 e. The number of nitrogens with zero attached hydrogens (tertiary/aromatic N) is 3. The Hall–Kier alpha value is -2.05. The van der Waals surface area contributed by atoms with Gasteiger partial charge in [0.25, 0.3) is 0 Å². The summed E-state index contributed by atoms with van der Waals surface area (Å²) in [5, 5.41) is 0. The van der Waals surface area contributed by atoms with Gasteiger partial charge in [0.15, 0.2) is 23.3 Å². The fourth-order valence-electron chi connectivity index (χ4n) is 1.29. The largest absolute Gasteiger partial charge is 0.225 e. The van der Waals surface area contributed by atoms with Crippen LogP contribution in [0, 0.1) is 23.3 Å². The van der Waals surface area contributed by atoms with Crippen molar-refractivity contribution in [1.82, 2.24) is 15.0 Å². The van der Waals surface area contributed by atoms with E-state index in [1.54, 1.807) is 0 Å². The third-order valence-corrected chi connectivity index (χ3v) is 2.08. The van der Waals surface area contributed by atoms with Gasteiger partial charge in [-0.15, -0.1) is 0 Å². The van der Waals surface area contributed by atoms with Gasteiger partial charge < -0.3 is 0 Å². The third kappa shape index (κ3) is 2.22. The van der Waals surface area contributed by atoms with Gasteiger partial charge >= 0.3 is 0 Å². The third-order valence-electron chi connectivity index (χ3n) is 2.08. The van der Waals surface area contributed by atoms with E-state index in [9.17, 15) is 17.6 Å². The van der Waals surface area contributed by atoms with E-state index in [0.29, 0.717) is 0 Å². The number of aromatic nitrogens is 3. The first-order valence-electron chi connectivity index (χ1n) is 4.52. The molecule has 0 aliphatic carbocycles. The average Bonchev–Trinajstić information content (AvgIpc) is 2.33. The van der Waals surface area contributed by atoms with Gasteiger partial charge in [-0.3, -0.25) is 0 Å². The SMILES string of the molecule is Fc1cc(F)c(F)c(Cc2ncncn2)c1F. The second-order valence-electron chi connectivity index (χ2n) is 3.18. The summed E-state index contributed by atoms with van der Waals surface area (Å²) in [6.45, 7) is 0. The molecule has 0 amide bonds. The quantitative estimate of drug-likeness (QED) is 0.598. The molecule has 2 rings (SSSR count).